The van der Waals surface area contributed by atoms with Crippen LogP contribution < -0.4 is 16.0 Å². The minimum Gasteiger partial charge on any atom is -0.345 e. The third-order valence-corrected chi connectivity index (χ3v) is 9.00. The van der Waals surface area contributed by atoms with Gasteiger partial charge in [-0.3, -0.25) is 25.5 Å². The van der Waals surface area contributed by atoms with Gasteiger partial charge in [-0.25, -0.2) is 0 Å². The lowest BCUT2D eigenvalue weighted by atomic mass is 9.99. The number of benzene rings is 1. The maximum absolute atomic E-state index is 13.0. The minimum atomic E-state index is -0.786. The first-order chi connectivity index (χ1) is 20.2. The summed E-state index contributed by atoms with van der Waals surface area (Å²) in [4.78, 5) is 22.5. The molecule has 0 radical (unpaired) electrons. The lowest BCUT2D eigenvalue weighted by Crippen LogP contribution is -2.42. The molecule has 5 N–H and O–H groups in total. The standard InChI is InChI=1S/C32H33ClN6OS2/c1-20-21(2)41-32-29(20)30(23-11-13-24(33)14-12-23)38-27(31(36)39(32)22(3)35)19-28(40)37-18-8-10-26-16-15-25(42-26)9-6-4-5-7-17-34/h11-16,27,35-36H,4-5,7,17-19,34H2,1-3H3,(H,37,40)/t27-/m0/s1. The van der Waals surface area contributed by atoms with Crippen LogP contribution in [-0.4, -0.2) is 42.4 Å². The second-order valence-electron chi connectivity index (χ2n) is 9.76. The molecule has 0 aliphatic carbocycles. The smallest absolute Gasteiger partial charge is 0.223 e. The molecule has 3 heterocycles. The predicted octanol–water partition coefficient (Wildman–Crippen LogP) is 6.12. The van der Waals surface area contributed by atoms with E-state index in [-0.39, 0.29) is 30.5 Å². The molecule has 1 aliphatic rings. The van der Waals surface area contributed by atoms with Crippen molar-refractivity contribution in [2.75, 3.05) is 18.0 Å². The highest BCUT2D eigenvalue weighted by atomic mass is 35.5. The van der Waals surface area contributed by atoms with Crippen molar-refractivity contribution in [2.45, 2.75) is 52.5 Å². The van der Waals surface area contributed by atoms with E-state index in [1.54, 1.807) is 24.0 Å². The van der Waals surface area contributed by atoms with Gasteiger partial charge in [0.15, 0.2) is 0 Å². The molecule has 3 aromatic rings. The highest BCUT2D eigenvalue weighted by Crippen LogP contribution is 2.40. The number of halogens is 1. The molecule has 0 saturated heterocycles. The van der Waals surface area contributed by atoms with Gasteiger partial charge >= 0.3 is 0 Å². The second kappa shape index (κ2) is 14.4. The van der Waals surface area contributed by atoms with Crippen LogP contribution in [0.5, 0.6) is 0 Å². The average Bonchev–Trinajstić information content (AvgIpc) is 3.49. The van der Waals surface area contributed by atoms with Crippen molar-refractivity contribution >= 4 is 62.6 Å². The van der Waals surface area contributed by atoms with Crippen molar-refractivity contribution < 1.29 is 4.79 Å². The van der Waals surface area contributed by atoms with Gasteiger partial charge in [-0.2, -0.15) is 0 Å². The van der Waals surface area contributed by atoms with E-state index in [9.17, 15) is 4.79 Å². The largest absolute Gasteiger partial charge is 0.345 e. The van der Waals surface area contributed by atoms with Gasteiger partial charge in [-0.1, -0.05) is 47.4 Å². The van der Waals surface area contributed by atoms with Crippen LogP contribution in [0.2, 0.25) is 5.02 Å². The van der Waals surface area contributed by atoms with Gasteiger partial charge in [0.05, 0.1) is 28.4 Å². The molecular weight excluding hydrogens is 584 g/mol. The quantitative estimate of drug-likeness (QED) is 0.111. The Morgan fingerprint density at radius 2 is 1.79 bits per heavy atom. The molecule has 0 spiro atoms. The maximum atomic E-state index is 13.0. The van der Waals surface area contributed by atoms with Gasteiger partial charge in [0.25, 0.3) is 0 Å². The fourth-order valence-electron chi connectivity index (χ4n) is 4.39. The molecule has 0 fully saturated rings. The number of amides is 1. The number of nitrogens with one attached hydrogen (secondary N) is 3. The molecule has 4 rings (SSSR count). The summed E-state index contributed by atoms with van der Waals surface area (Å²) in [6.07, 6.45) is 2.77. The second-order valence-corrected chi connectivity index (χ2v) is 12.5. The van der Waals surface area contributed by atoms with Crippen LogP contribution in [0.4, 0.5) is 5.00 Å². The zero-order chi connectivity index (χ0) is 30.2. The number of aliphatic imine (C=N–C) groups is 1. The number of amidine groups is 2. The number of rotatable bonds is 7. The van der Waals surface area contributed by atoms with Crippen LogP contribution in [0.15, 0.2) is 41.4 Å². The third kappa shape index (κ3) is 7.56. The van der Waals surface area contributed by atoms with Crippen LogP contribution in [-0.2, 0) is 4.79 Å². The van der Waals surface area contributed by atoms with Gasteiger partial charge in [0.2, 0.25) is 5.91 Å². The zero-order valence-corrected chi connectivity index (χ0v) is 26.2. The first kappa shape index (κ1) is 31.2. The summed E-state index contributed by atoms with van der Waals surface area (Å²) in [5.41, 5.74) is 8.95. The third-order valence-electron chi connectivity index (χ3n) is 6.64. The first-order valence-electron chi connectivity index (χ1n) is 13.6. The van der Waals surface area contributed by atoms with Crippen LogP contribution in [0, 0.1) is 48.3 Å². The van der Waals surface area contributed by atoms with Crippen LogP contribution in [0.25, 0.3) is 0 Å². The van der Waals surface area contributed by atoms with E-state index in [1.165, 1.54) is 22.7 Å². The molecule has 42 heavy (non-hydrogen) atoms. The van der Waals surface area contributed by atoms with Gasteiger partial charge in [0.1, 0.15) is 22.7 Å². The SMILES string of the molecule is CC(=N)N1C(=N)[C@H](CC(=O)NCC#Cc2ccc(C#CCCCCN)s2)N=C(c2ccc(Cl)cc2)c2c1sc(C)c2C. The van der Waals surface area contributed by atoms with E-state index < -0.39 is 6.04 Å². The fraction of sp³-hybridized carbons (Fsp3) is 0.312. The Morgan fingerprint density at radius 3 is 2.45 bits per heavy atom. The molecule has 0 saturated carbocycles. The van der Waals surface area contributed by atoms with E-state index in [0.717, 1.165) is 55.6 Å². The number of unbranched alkanes of at least 4 members (excludes halogenated alkanes) is 2. The number of hydrogen-bond donors (Lipinski definition) is 4. The summed E-state index contributed by atoms with van der Waals surface area (Å²) >= 11 is 9.20. The number of nitrogens with two attached hydrogens (primary N) is 1. The monoisotopic (exact) mass is 616 g/mol. The van der Waals surface area contributed by atoms with Crippen molar-refractivity contribution in [2.24, 2.45) is 10.7 Å². The van der Waals surface area contributed by atoms with E-state index in [2.05, 4.69) is 29.0 Å². The van der Waals surface area contributed by atoms with Gasteiger partial charge in [-0.15, -0.1) is 22.7 Å². The first-order valence-corrected chi connectivity index (χ1v) is 15.6. The molecule has 2 aromatic heterocycles. The number of nitrogens with zero attached hydrogens (tertiary/aromatic N) is 2. The summed E-state index contributed by atoms with van der Waals surface area (Å²) in [5.74, 6) is 12.4. The summed E-state index contributed by atoms with van der Waals surface area (Å²) in [6, 6.07) is 10.5. The zero-order valence-electron chi connectivity index (χ0n) is 23.9. The van der Waals surface area contributed by atoms with Crippen LogP contribution >= 0.6 is 34.3 Å². The van der Waals surface area contributed by atoms with E-state index in [0.29, 0.717) is 17.3 Å². The molecule has 10 heteroatoms. The van der Waals surface area contributed by atoms with Gasteiger partial charge in [-0.05, 0) is 70.0 Å². The molecular formula is C32H33ClN6OS2. The molecule has 1 aromatic carbocycles. The Kier molecular flexibility index (Phi) is 10.7. The summed E-state index contributed by atoms with van der Waals surface area (Å²) in [5, 5.41) is 21.7. The number of fused-ring (bicyclic) bond motifs is 1. The summed E-state index contributed by atoms with van der Waals surface area (Å²) in [7, 11) is 0. The van der Waals surface area contributed by atoms with Crippen molar-refractivity contribution in [1.29, 1.82) is 10.8 Å². The number of thiophene rings is 2. The molecule has 0 bridgehead atoms. The van der Waals surface area contributed by atoms with Crippen molar-refractivity contribution in [3.63, 3.8) is 0 Å². The van der Waals surface area contributed by atoms with Crippen LogP contribution in [0.1, 0.15) is 63.9 Å². The molecule has 0 unspecified atom stereocenters. The van der Waals surface area contributed by atoms with E-state index in [4.69, 9.17) is 33.1 Å². The molecule has 1 atom stereocenters. The fourth-order valence-corrected chi connectivity index (χ4v) is 6.49. The van der Waals surface area contributed by atoms with Gasteiger partial charge < -0.3 is 11.1 Å². The topological polar surface area (TPSA) is 118 Å². The molecule has 7 nitrogen and oxygen atoms in total. The lowest BCUT2D eigenvalue weighted by molar-refractivity contribution is -0.120. The number of carbonyl (C=O) groups excluding carboxylic acids is 1. The molecule has 216 valence electrons. The predicted molar refractivity (Wildman–Crippen MR) is 177 cm³/mol. The lowest BCUT2D eigenvalue weighted by Gasteiger charge is -2.24. The highest BCUT2D eigenvalue weighted by molar-refractivity contribution is 7.17. The number of aryl methyl sites for hydroxylation is 1. The molecule has 1 aliphatic heterocycles. The summed E-state index contributed by atoms with van der Waals surface area (Å²) in [6.45, 7) is 6.55. The van der Waals surface area contributed by atoms with Crippen molar-refractivity contribution in [3.8, 4) is 23.7 Å². The Balaban J connectivity index is 1.50. The number of anilines is 1. The van der Waals surface area contributed by atoms with E-state index >= 15 is 0 Å². The van der Waals surface area contributed by atoms with E-state index in [1.807, 2.05) is 38.1 Å². The minimum absolute atomic E-state index is 0.0444. The Morgan fingerprint density at radius 1 is 1.10 bits per heavy atom. The van der Waals surface area contributed by atoms with Crippen molar-refractivity contribution in [1.82, 2.24) is 5.32 Å². The Bertz CT molecular complexity index is 1650. The number of carbonyl (C=O) groups is 1. The normalized spacial score (nSPS) is 14.1. The highest BCUT2D eigenvalue weighted by Gasteiger charge is 2.34. The maximum Gasteiger partial charge on any atom is 0.223 e. The Hall–Kier alpha value is -3.73. The number of hydrogen-bond acceptors (Lipinski definition) is 7. The summed E-state index contributed by atoms with van der Waals surface area (Å²) < 4.78 is 0. The Labute approximate surface area is 260 Å². The average molecular weight is 617 g/mol. The van der Waals surface area contributed by atoms with Crippen LogP contribution in [0.3, 0.4) is 0 Å². The van der Waals surface area contributed by atoms with Crippen molar-refractivity contribution in [3.05, 3.63) is 72.7 Å². The molecule has 1 amide bonds. The van der Waals surface area contributed by atoms with Gasteiger partial charge in [0, 0.05) is 27.4 Å².